The third-order valence-corrected chi connectivity index (χ3v) is 2.67. The van der Waals surface area contributed by atoms with Crippen LogP contribution < -0.4 is 11.5 Å². The maximum Gasteiger partial charge on any atom is 0.0841 e. The predicted molar refractivity (Wildman–Crippen MR) is 45.0 cm³/mol. The maximum atomic E-state index is 9.41. The second kappa shape index (κ2) is 3.52. The van der Waals surface area contributed by atoms with Crippen LogP contribution in [0.1, 0.15) is 26.2 Å². The van der Waals surface area contributed by atoms with Gasteiger partial charge in [-0.3, -0.25) is 0 Å². The van der Waals surface area contributed by atoms with E-state index in [1.807, 2.05) is 0 Å². The zero-order valence-electron chi connectivity index (χ0n) is 7.03. The summed E-state index contributed by atoms with van der Waals surface area (Å²) in [6, 6.07) is -0.215. The summed E-state index contributed by atoms with van der Waals surface area (Å²) in [4.78, 5) is 0. The van der Waals surface area contributed by atoms with Gasteiger partial charge in [0.05, 0.1) is 6.10 Å². The largest absolute Gasteiger partial charge is 0.390 e. The van der Waals surface area contributed by atoms with Crippen LogP contribution in [0, 0.1) is 5.92 Å². The minimum Gasteiger partial charge on any atom is -0.390 e. The first-order chi connectivity index (χ1) is 5.15. The average Bonchev–Trinajstić information content (AvgIpc) is 1.99. The Hall–Kier alpha value is -0.120. The molecule has 0 amide bonds. The standard InChI is InChI=1S/C8H18N2O/c1-2-5-3-6(9)8(11)7(10)4-5/h5-8,11H,2-4,9-10H2,1H3. The van der Waals surface area contributed by atoms with Gasteiger partial charge in [0.15, 0.2) is 0 Å². The molecule has 0 spiro atoms. The van der Waals surface area contributed by atoms with Crippen molar-refractivity contribution in [1.29, 1.82) is 0 Å². The molecule has 3 heteroatoms. The number of nitrogens with two attached hydrogens (primary N) is 2. The van der Waals surface area contributed by atoms with Gasteiger partial charge in [0.2, 0.25) is 0 Å². The normalized spacial score (nSPS) is 45.8. The van der Waals surface area contributed by atoms with E-state index in [2.05, 4.69) is 6.92 Å². The Kier molecular flexibility index (Phi) is 2.87. The van der Waals surface area contributed by atoms with E-state index in [1.54, 1.807) is 0 Å². The fraction of sp³-hybridized carbons (Fsp3) is 1.00. The van der Waals surface area contributed by atoms with Gasteiger partial charge in [-0.25, -0.2) is 0 Å². The van der Waals surface area contributed by atoms with E-state index in [1.165, 1.54) is 0 Å². The quantitative estimate of drug-likeness (QED) is 0.496. The van der Waals surface area contributed by atoms with Crippen molar-refractivity contribution < 1.29 is 5.11 Å². The highest BCUT2D eigenvalue weighted by molar-refractivity contribution is 4.90. The van der Waals surface area contributed by atoms with E-state index >= 15 is 0 Å². The summed E-state index contributed by atoms with van der Waals surface area (Å²) in [5.74, 6) is 0.614. The lowest BCUT2D eigenvalue weighted by Crippen LogP contribution is -2.52. The van der Waals surface area contributed by atoms with Gasteiger partial charge in [0.1, 0.15) is 0 Å². The molecular weight excluding hydrogens is 140 g/mol. The number of hydrogen-bond acceptors (Lipinski definition) is 3. The van der Waals surface area contributed by atoms with Crippen molar-refractivity contribution in [3.63, 3.8) is 0 Å². The van der Waals surface area contributed by atoms with Gasteiger partial charge in [0.25, 0.3) is 0 Å². The molecule has 2 unspecified atom stereocenters. The van der Waals surface area contributed by atoms with Crippen molar-refractivity contribution in [3.8, 4) is 0 Å². The van der Waals surface area contributed by atoms with Gasteiger partial charge in [-0.15, -0.1) is 0 Å². The average molecular weight is 158 g/mol. The SMILES string of the molecule is CCC1CC(N)C(O)C(N)C1. The molecule has 1 rings (SSSR count). The summed E-state index contributed by atoms with van der Waals surface area (Å²) in [5.41, 5.74) is 11.4. The van der Waals surface area contributed by atoms with E-state index in [9.17, 15) is 5.11 Å². The van der Waals surface area contributed by atoms with E-state index in [4.69, 9.17) is 11.5 Å². The van der Waals surface area contributed by atoms with Gasteiger partial charge in [-0.2, -0.15) is 0 Å². The molecule has 0 bridgehead atoms. The molecule has 0 radical (unpaired) electrons. The molecule has 0 heterocycles. The Morgan fingerprint density at radius 2 is 1.73 bits per heavy atom. The summed E-state index contributed by atoms with van der Waals surface area (Å²) in [6.45, 7) is 2.14. The molecule has 1 fully saturated rings. The van der Waals surface area contributed by atoms with E-state index in [0.29, 0.717) is 5.92 Å². The minimum atomic E-state index is -0.488. The fourth-order valence-corrected chi connectivity index (χ4v) is 1.80. The minimum absolute atomic E-state index is 0.108. The van der Waals surface area contributed by atoms with Gasteiger partial charge < -0.3 is 16.6 Å². The number of aliphatic hydroxyl groups excluding tert-OH is 1. The van der Waals surface area contributed by atoms with E-state index in [0.717, 1.165) is 19.3 Å². The molecule has 11 heavy (non-hydrogen) atoms. The van der Waals surface area contributed by atoms with Gasteiger partial charge in [-0.1, -0.05) is 13.3 Å². The summed E-state index contributed by atoms with van der Waals surface area (Å²) < 4.78 is 0. The Balaban J connectivity index is 2.47. The highest BCUT2D eigenvalue weighted by Crippen LogP contribution is 2.24. The first kappa shape index (κ1) is 8.97. The maximum absolute atomic E-state index is 9.41. The highest BCUT2D eigenvalue weighted by atomic mass is 16.3. The lowest BCUT2D eigenvalue weighted by Gasteiger charge is -2.35. The topological polar surface area (TPSA) is 72.3 Å². The Morgan fingerprint density at radius 3 is 2.09 bits per heavy atom. The molecule has 5 N–H and O–H groups in total. The Bertz CT molecular complexity index is 117. The fourth-order valence-electron chi connectivity index (χ4n) is 1.80. The second-order valence-corrected chi connectivity index (χ2v) is 3.56. The van der Waals surface area contributed by atoms with Gasteiger partial charge in [-0.05, 0) is 18.8 Å². The van der Waals surface area contributed by atoms with Crippen LogP contribution in [0.5, 0.6) is 0 Å². The molecule has 1 saturated carbocycles. The first-order valence-corrected chi connectivity index (χ1v) is 4.34. The van der Waals surface area contributed by atoms with Gasteiger partial charge in [0, 0.05) is 12.1 Å². The van der Waals surface area contributed by atoms with E-state index in [-0.39, 0.29) is 12.1 Å². The van der Waals surface area contributed by atoms with Crippen molar-refractivity contribution in [2.24, 2.45) is 17.4 Å². The van der Waals surface area contributed by atoms with E-state index < -0.39 is 6.10 Å². The van der Waals surface area contributed by atoms with Crippen LogP contribution in [-0.2, 0) is 0 Å². The molecule has 1 aliphatic carbocycles. The smallest absolute Gasteiger partial charge is 0.0841 e. The zero-order valence-corrected chi connectivity index (χ0v) is 7.03. The van der Waals surface area contributed by atoms with Crippen molar-refractivity contribution in [1.82, 2.24) is 0 Å². The molecule has 0 aromatic rings. The Labute approximate surface area is 67.8 Å². The molecular formula is C8H18N2O. The van der Waals surface area contributed by atoms with Crippen molar-refractivity contribution in [2.45, 2.75) is 44.4 Å². The summed E-state index contributed by atoms with van der Waals surface area (Å²) in [7, 11) is 0. The predicted octanol–water partition coefficient (Wildman–Crippen LogP) is -0.178. The monoisotopic (exact) mass is 158 g/mol. The summed E-state index contributed by atoms with van der Waals surface area (Å²) in [5, 5.41) is 9.41. The van der Waals surface area contributed by atoms with Crippen molar-refractivity contribution >= 4 is 0 Å². The molecule has 0 saturated heterocycles. The van der Waals surface area contributed by atoms with Crippen LogP contribution >= 0.6 is 0 Å². The third-order valence-electron chi connectivity index (χ3n) is 2.67. The van der Waals surface area contributed by atoms with Gasteiger partial charge >= 0.3 is 0 Å². The number of hydrogen-bond donors (Lipinski definition) is 3. The van der Waals surface area contributed by atoms with Crippen LogP contribution in [0.25, 0.3) is 0 Å². The lowest BCUT2D eigenvalue weighted by molar-refractivity contribution is 0.0656. The highest BCUT2D eigenvalue weighted by Gasteiger charge is 2.31. The number of aliphatic hydroxyl groups is 1. The molecule has 0 aromatic carbocycles. The molecule has 66 valence electrons. The number of rotatable bonds is 1. The molecule has 1 aliphatic rings. The summed E-state index contributed by atoms with van der Waals surface area (Å²) >= 11 is 0. The van der Waals surface area contributed by atoms with Crippen LogP contribution in [-0.4, -0.2) is 23.3 Å². The summed E-state index contributed by atoms with van der Waals surface area (Å²) in [6.07, 6.45) is 2.47. The molecule has 0 aliphatic heterocycles. The van der Waals surface area contributed by atoms with Crippen molar-refractivity contribution in [3.05, 3.63) is 0 Å². The van der Waals surface area contributed by atoms with Crippen LogP contribution in [0.2, 0.25) is 0 Å². The van der Waals surface area contributed by atoms with Crippen LogP contribution in [0.15, 0.2) is 0 Å². The zero-order chi connectivity index (χ0) is 8.43. The lowest BCUT2D eigenvalue weighted by atomic mass is 9.80. The second-order valence-electron chi connectivity index (χ2n) is 3.56. The third kappa shape index (κ3) is 1.92. The molecule has 2 atom stereocenters. The van der Waals surface area contributed by atoms with Crippen molar-refractivity contribution in [2.75, 3.05) is 0 Å². The first-order valence-electron chi connectivity index (χ1n) is 4.34. The Morgan fingerprint density at radius 1 is 1.27 bits per heavy atom. The van der Waals surface area contributed by atoms with Crippen LogP contribution in [0.4, 0.5) is 0 Å². The molecule has 0 aromatic heterocycles. The molecule has 3 nitrogen and oxygen atoms in total. The van der Waals surface area contributed by atoms with Crippen LogP contribution in [0.3, 0.4) is 0 Å².